The molecule has 6 heteroatoms. The summed E-state index contributed by atoms with van der Waals surface area (Å²) in [5.74, 6) is -0.196. The first-order chi connectivity index (χ1) is 10.5. The van der Waals surface area contributed by atoms with Crippen molar-refractivity contribution in [2.45, 2.75) is 44.6 Å². The van der Waals surface area contributed by atoms with Gasteiger partial charge in [-0.2, -0.15) is 13.2 Å². The minimum atomic E-state index is -4.42. The van der Waals surface area contributed by atoms with Crippen LogP contribution in [0.25, 0.3) is 0 Å². The van der Waals surface area contributed by atoms with Gasteiger partial charge in [0.2, 0.25) is 5.91 Å². The van der Waals surface area contributed by atoms with Crippen LogP contribution < -0.4 is 5.32 Å². The van der Waals surface area contributed by atoms with Crippen molar-refractivity contribution in [3.63, 3.8) is 0 Å². The monoisotopic (exact) mass is 389 g/mol. The molecular weight excluding hydrogens is 371 g/mol. The van der Waals surface area contributed by atoms with Gasteiger partial charge in [-0.05, 0) is 41.9 Å². The Morgan fingerprint density at radius 3 is 2.39 bits per heavy atom. The molecule has 1 N–H and O–H groups in total. The second-order valence-corrected chi connectivity index (χ2v) is 8.32. The lowest BCUT2D eigenvalue weighted by atomic mass is 9.43. The van der Waals surface area contributed by atoms with Crippen molar-refractivity contribution in [2.75, 3.05) is 5.32 Å². The lowest BCUT2D eigenvalue weighted by molar-refractivity contribution is -0.156. The number of amides is 1. The van der Waals surface area contributed by atoms with E-state index in [1.54, 1.807) is 0 Å². The Labute approximate surface area is 142 Å². The van der Waals surface area contributed by atoms with Gasteiger partial charge < -0.3 is 5.32 Å². The molecular formula is C17H19BrF3NO. The van der Waals surface area contributed by atoms with E-state index < -0.39 is 17.2 Å². The van der Waals surface area contributed by atoms with E-state index in [1.165, 1.54) is 12.1 Å². The van der Waals surface area contributed by atoms with Crippen molar-refractivity contribution in [3.8, 4) is 0 Å². The van der Waals surface area contributed by atoms with Crippen molar-refractivity contribution in [1.82, 2.24) is 0 Å². The number of halogens is 4. The maximum absolute atomic E-state index is 12.9. The Balaban J connectivity index is 1.87. The summed E-state index contributed by atoms with van der Waals surface area (Å²) < 4.78 is 38.4. The minimum absolute atomic E-state index is 0.0398. The SMILES string of the molecule is CC12CCC(C(=O)Nc3cccc(C(F)(F)F)c3)(C1Br)C2(C)C. The van der Waals surface area contributed by atoms with Gasteiger partial charge in [0.25, 0.3) is 0 Å². The summed E-state index contributed by atoms with van der Waals surface area (Å²) in [6, 6.07) is 4.79. The van der Waals surface area contributed by atoms with Crippen LogP contribution in [-0.2, 0) is 11.0 Å². The molecule has 23 heavy (non-hydrogen) atoms. The summed E-state index contributed by atoms with van der Waals surface area (Å²) in [4.78, 5) is 12.9. The molecule has 0 aliphatic heterocycles. The van der Waals surface area contributed by atoms with Crippen LogP contribution in [0.2, 0.25) is 0 Å². The number of hydrogen-bond acceptors (Lipinski definition) is 1. The molecule has 3 atom stereocenters. The second-order valence-electron chi connectivity index (χ2n) is 7.41. The highest BCUT2D eigenvalue weighted by Gasteiger charge is 2.80. The van der Waals surface area contributed by atoms with E-state index in [2.05, 4.69) is 42.0 Å². The Bertz CT molecular complexity index is 672. The molecule has 1 aromatic carbocycles. The van der Waals surface area contributed by atoms with Crippen molar-refractivity contribution >= 4 is 27.5 Å². The van der Waals surface area contributed by atoms with E-state index in [1.807, 2.05) is 0 Å². The van der Waals surface area contributed by atoms with Gasteiger partial charge in [0.1, 0.15) is 0 Å². The fourth-order valence-electron chi connectivity index (χ4n) is 4.47. The molecule has 126 valence electrons. The van der Waals surface area contributed by atoms with Gasteiger partial charge in [0.05, 0.1) is 11.0 Å². The van der Waals surface area contributed by atoms with Crippen LogP contribution in [-0.4, -0.2) is 10.7 Å². The van der Waals surface area contributed by atoms with Crippen LogP contribution in [0.15, 0.2) is 24.3 Å². The summed E-state index contributed by atoms with van der Waals surface area (Å²) in [6.45, 7) is 6.31. The first-order valence-corrected chi connectivity index (χ1v) is 8.51. The van der Waals surface area contributed by atoms with Gasteiger partial charge in [-0.3, -0.25) is 4.79 Å². The van der Waals surface area contributed by atoms with Crippen LogP contribution in [0.1, 0.15) is 39.2 Å². The van der Waals surface area contributed by atoms with Crippen molar-refractivity contribution in [3.05, 3.63) is 29.8 Å². The second kappa shape index (κ2) is 4.74. The van der Waals surface area contributed by atoms with E-state index in [9.17, 15) is 18.0 Å². The van der Waals surface area contributed by atoms with Gasteiger partial charge in [-0.15, -0.1) is 0 Å². The quantitative estimate of drug-likeness (QED) is 0.689. The van der Waals surface area contributed by atoms with Crippen molar-refractivity contribution < 1.29 is 18.0 Å². The zero-order chi connectivity index (χ0) is 17.3. The third kappa shape index (κ3) is 1.96. The number of benzene rings is 1. The van der Waals surface area contributed by atoms with Gasteiger partial charge in [-0.1, -0.05) is 42.8 Å². The standard InChI is InChI=1S/C17H19BrF3NO/c1-14(2)15(3)7-8-16(14,12(15)18)13(23)22-11-6-4-5-10(9-11)17(19,20)21/h4-6,9,12H,7-8H2,1-3H3,(H,22,23). The molecule has 0 spiro atoms. The number of rotatable bonds is 2. The molecule has 3 aliphatic rings. The fraction of sp³-hybridized carbons (Fsp3) is 0.588. The van der Waals surface area contributed by atoms with Gasteiger partial charge in [0.15, 0.2) is 0 Å². The van der Waals surface area contributed by atoms with E-state index in [-0.39, 0.29) is 27.3 Å². The van der Waals surface area contributed by atoms with Crippen LogP contribution in [0.3, 0.4) is 0 Å². The Kier molecular flexibility index (Phi) is 3.47. The molecule has 0 aromatic heterocycles. The number of carbonyl (C=O) groups excluding carboxylic acids is 1. The lowest BCUT2D eigenvalue weighted by Crippen LogP contribution is -2.68. The van der Waals surface area contributed by atoms with E-state index >= 15 is 0 Å². The van der Waals surface area contributed by atoms with Crippen molar-refractivity contribution in [1.29, 1.82) is 0 Å². The third-order valence-electron chi connectivity index (χ3n) is 6.43. The molecule has 1 aromatic rings. The Hall–Kier alpha value is -1.04. The van der Waals surface area contributed by atoms with Crippen LogP contribution in [0.4, 0.5) is 18.9 Å². The number of hydrogen-bond donors (Lipinski definition) is 1. The predicted molar refractivity (Wildman–Crippen MR) is 86.3 cm³/mol. The first-order valence-electron chi connectivity index (χ1n) is 7.60. The molecule has 3 unspecified atom stereocenters. The fourth-order valence-corrected chi connectivity index (χ4v) is 6.28. The minimum Gasteiger partial charge on any atom is -0.326 e. The number of carbonyl (C=O) groups is 1. The molecule has 4 rings (SSSR count). The molecule has 0 radical (unpaired) electrons. The van der Waals surface area contributed by atoms with Gasteiger partial charge in [0, 0.05) is 10.5 Å². The summed E-state index contributed by atoms with van der Waals surface area (Å²) in [7, 11) is 0. The molecule has 0 heterocycles. The summed E-state index contributed by atoms with van der Waals surface area (Å²) in [5.41, 5.74) is -1.30. The summed E-state index contributed by atoms with van der Waals surface area (Å²) in [6.07, 6.45) is -2.73. The predicted octanol–water partition coefficient (Wildman–Crippen LogP) is 5.23. The zero-order valence-electron chi connectivity index (χ0n) is 13.2. The maximum atomic E-state index is 12.9. The average Bonchev–Trinajstić information content (AvgIpc) is 2.86. The summed E-state index contributed by atoms with van der Waals surface area (Å²) in [5, 5.41) is 2.71. The highest BCUT2D eigenvalue weighted by atomic mass is 79.9. The van der Waals surface area contributed by atoms with E-state index in [0.717, 1.165) is 25.0 Å². The van der Waals surface area contributed by atoms with E-state index in [0.29, 0.717) is 0 Å². The van der Waals surface area contributed by atoms with E-state index in [4.69, 9.17) is 0 Å². The third-order valence-corrected chi connectivity index (χ3v) is 8.22. The summed E-state index contributed by atoms with van der Waals surface area (Å²) >= 11 is 3.66. The molecule has 2 nitrogen and oxygen atoms in total. The molecule has 3 fully saturated rings. The van der Waals surface area contributed by atoms with Gasteiger partial charge in [-0.25, -0.2) is 0 Å². The van der Waals surface area contributed by atoms with Crippen LogP contribution in [0.5, 0.6) is 0 Å². The highest BCUT2D eigenvalue weighted by Crippen LogP contribution is 2.79. The molecule has 0 saturated heterocycles. The lowest BCUT2D eigenvalue weighted by Gasteiger charge is -2.64. The van der Waals surface area contributed by atoms with Crippen LogP contribution >= 0.6 is 15.9 Å². The Morgan fingerprint density at radius 1 is 1.26 bits per heavy atom. The first kappa shape index (κ1) is 16.8. The number of nitrogens with one attached hydrogen (secondary N) is 1. The van der Waals surface area contributed by atoms with Gasteiger partial charge >= 0.3 is 6.18 Å². The Morgan fingerprint density at radius 2 is 1.91 bits per heavy atom. The highest BCUT2D eigenvalue weighted by molar-refractivity contribution is 9.09. The molecule has 3 aliphatic carbocycles. The smallest absolute Gasteiger partial charge is 0.326 e. The number of anilines is 1. The largest absolute Gasteiger partial charge is 0.416 e. The normalized spacial score (nSPS) is 34.8. The van der Waals surface area contributed by atoms with Crippen LogP contribution in [0, 0.1) is 16.2 Å². The zero-order valence-corrected chi connectivity index (χ0v) is 14.8. The maximum Gasteiger partial charge on any atom is 0.416 e. The van der Waals surface area contributed by atoms with Crippen molar-refractivity contribution in [2.24, 2.45) is 16.2 Å². The number of alkyl halides is 4. The molecule has 3 saturated carbocycles. The molecule has 1 amide bonds. The average molecular weight is 390 g/mol. The topological polar surface area (TPSA) is 29.1 Å². The molecule has 2 bridgehead atoms. The number of fused-ring (bicyclic) bond motifs is 1.